The summed E-state index contributed by atoms with van der Waals surface area (Å²) in [6.45, 7) is -4.84. The minimum Gasteiger partial charge on any atom is -0.478 e. The highest BCUT2D eigenvalue weighted by atomic mass is 19.4. The number of alkyl halides is 3. The lowest BCUT2D eigenvalue weighted by Gasteiger charge is -2.41. The van der Waals surface area contributed by atoms with Crippen LogP contribution in [0.3, 0.4) is 0 Å². The molecular formula is C21H23F4N5O3. The van der Waals surface area contributed by atoms with Crippen LogP contribution < -0.4 is 21.5 Å². The molecule has 0 radical (unpaired) electrons. The van der Waals surface area contributed by atoms with Crippen molar-refractivity contribution < 1.29 is 38.7 Å². The standard InChI is InChI=1S/C21H23F4N5O3/c1-4-32-15-8-6-12(16(26)29-15)17(31)28-11-5-7-14(22)13(9-11)19(2)10-33-20(3,18(27)30-19)21(23,24)25/h5-9H,4,10H2,1-3H3,(H2,26,29)(H2,27,30)(H,28,31)/t19-,20+/m0/s1/i1D3,4D2. The van der Waals surface area contributed by atoms with Gasteiger partial charge in [0, 0.05) is 21.4 Å². The van der Waals surface area contributed by atoms with Gasteiger partial charge in [0.15, 0.2) is 0 Å². The average molecular weight is 474 g/mol. The minimum absolute atomic E-state index is 0.0176. The van der Waals surface area contributed by atoms with Gasteiger partial charge in [-0.25, -0.2) is 4.39 Å². The number of anilines is 2. The first-order valence-electron chi connectivity index (χ1n) is 11.8. The predicted molar refractivity (Wildman–Crippen MR) is 114 cm³/mol. The molecule has 0 fully saturated rings. The summed E-state index contributed by atoms with van der Waals surface area (Å²) in [7, 11) is 0. The van der Waals surface area contributed by atoms with E-state index in [-0.39, 0.29) is 16.8 Å². The van der Waals surface area contributed by atoms with Gasteiger partial charge in [-0.2, -0.15) is 18.2 Å². The molecule has 2 heterocycles. The van der Waals surface area contributed by atoms with Crippen LogP contribution in [0.15, 0.2) is 35.3 Å². The molecule has 5 N–H and O–H groups in total. The van der Waals surface area contributed by atoms with Gasteiger partial charge in [0.25, 0.3) is 5.91 Å². The van der Waals surface area contributed by atoms with Crippen LogP contribution in [-0.4, -0.2) is 41.7 Å². The van der Waals surface area contributed by atoms with E-state index >= 15 is 0 Å². The summed E-state index contributed by atoms with van der Waals surface area (Å²) >= 11 is 0. The molecule has 1 aromatic carbocycles. The molecule has 0 spiro atoms. The molecule has 178 valence electrons. The number of carbonyl (C=O) groups excluding carboxylic acids is 1. The fourth-order valence-corrected chi connectivity index (χ4v) is 3.10. The van der Waals surface area contributed by atoms with Crippen LogP contribution >= 0.6 is 0 Å². The van der Waals surface area contributed by atoms with Gasteiger partial charge in [0.05, 0.1) is 21.5 Å². The van der Waals surface area contributed by atoms with Crippen LogP contribution in [0.4, 0.5) is 29.1 Å². The van der Waals surface area contributed by atoms with Gasteiger partial charge in [0.2, 0.25) is 11.5 Å². The van der Waals surface area contributed by atoms with Crippen molar-refractivity contribution in [3.63, 3.8) is 0 Å². The number of nitrogens with one attached hydrogen (secondary N) is 1. The first kappa shape index (κ1) is 18.1. The summed E-state index contributed by atoms with van der Waals surface area (Å²) < 4.78 is 101. The first-order valence-corrected chi connectivity index (χ1v) is 9.34. The number of aromatic nitrogens is 1. The van der Waals surface area contributed by atoms with E-state index in [9.17, 15) is 22.4 Å². The number of pyridine rings is 1. The Balaban J connectivity index is 1.85. The van der Waals surface area contributed by atoms with E-state index in [2.05, 4.69) is 15.3 Å². The maximum atomic E-state index is 14.7. The van der Waals surface area contributed by atoms with Crippen molar-refractivity contribution in [1.29, 1.82) is 0 Å². The molecule has 12 heteroatoms. The van der Waals surface area contributed by atoms with Crippen LogP contribution in [0.5, 0.6) is 5.88 Å². The number of ether oxygens (including phenoxy) is 2. The third-order valence-corrected chi connectivity index (χ3v) is 5.14. The second-order valence-electron chi connectivity index (χ2n) is 7.53. The average Bonchev–Trinajstić information content (AvgIpc) is 2.76. The zero-order valence-corrected chi connectivity index (χ0v) is 17.4. The van der Waals surface area contributed by atoms with Gasteiger partial charge >= 0.3 is 6.18 Å². The highest BCUT2D eigenvalue weighted by Crippen LogP contribution is 2.41. The Morgan fingerprint density at radius 3 is 2.67 bits per heavy atom. The molecule has 1 aromatic heterocycles. The Labute approximate surface area is 194 Å². The number of nitrogens with zero attached hydrogens (tertiary/aromatic N) is 2. The molecule has 0 saturated heterocycles. The first-order chi connectivity index (χ1) is 17.2. The van der Waals surface area contributed by atoms with E-state index in [1.807, 2.05) is 0 Å². The normalized spacial score (nSPS) is 26.1. The molecule has 8 nitrogen and oxygen atoms in total. The van der Waals surface area contributed by atoms with Crippen LogP contribution in [0.2, 0.25) is 0 Å². The van der Waals surface area contributed by atoms with Gasteiger partial charge in [-0.1, -0.05) is 0 Å². The number of nitrogen functional groups attached to an aromatic ring is 1. The molecule has 3 rings (SSSR count). The maximum Gasteiger partial charge on any atom is 0.424 e. The van der Waals surface area contributed by atoms with Crippen LogP contribution in [0.25, 0.3) is 0 Å². The van der Waals surface area contributed by atoms with Crippen molar-refractivity contribution in [2.75, 3.05) is 24.2 Å². The molecule has 0 saturated carbocycles. The SMILES string of the molecule is [2H]C([2H])([2H])C([2H])([2H])Oc1ccc(C(=O)Nc2ccc(F)c([C@]3(C)CO[C@@](C)(C(F)(F)F)C(N)=N3)c2)c(N)n1. The monoisotopic (exact) mass is 474 g/mol. The number of hydrogen-bond donors (Lipinski definition) is 3. The Hall–Kier alpha value is -3.41. The molecule has 0 bridgehead atoms. The lowest BCUT2D eigenvalue weighted by atomic mass is 9.89. The highest BCUT2D eigenvalue weighted by Gasteiger charge is 2.59. The summed E-state index contributed by atoms with van der Waals surface area (Å²) in [5.41, 5.74) is 6.43. The van der Waals surface area contributed by atoms with E-state index in [4.69, 9.17) is 27.8 Å². The number of rotatable bonds is 5. The smallest absolute Gasteiger partial charge is 0.424 e. The fraction of sp³-hybridized carbons (Fsp3) is 0.381. The third-order valence-electron chi connectivity index (χ3n) is 5.14. The van der Waals surface area contributed by atoms with Crippen molar-refractivity contribution >= 4 is 23.2 Å². The number of halogens is 4. The summed E-state index contributed by atoms with van der Waals surface area (Å²) in [5.74, 6) is -3.49. The molecule has 0 unspecified atom stereocenters. The molecule has 2 aromatic rings. The zero-order valence-electron chi connectivity index (χ0n) is 22.4. The highest BCUT2D eigenvalue weighted by molar-refractivity contribution is 6.07. The number of amides is 1. The number of aliphatic imine (C=N–C) groups is 1. The molecular weight excluding hydrogens is 446 g/mol. The Morgan fingerprint density at radius 1 is 1.33 bits per heavy atom. The summed E-state index contributed by atoms with van der Waals surface area (Å²) in [6, 6.07) is 5.43. The number of hydrogen-bond acceptors (Lipinski definition) is 7. The van der Waals surface area contributed by atoms with Gasteiger partial charge in [0.1, 0.15) is 23.0 Å². The van der Waals surface area contributed by atoms with Gasteiger partial charge in [-0.3, -0.25) is 9.79 Å². The Bertz CT molecular complexity index is 1290. The lowest BCUT2D eigenvalue weighted by molar-refractivity contribution is -0.249. The molecule has 1 aliphatic heterocycles. The van der Waals surface area contributed by atoms with E-state index in [1.54, 1.807) is 0 Å². The Morgan fingerprint density at radius 2 is 2.06 bits per heavy atom. The number of carbonyl (C=O) groups is 1. The number of nitrogens with two attached hydrogens (primary N) is 2. The molecule has 1 aliphatic rings. The number of amidine groups is 1. The lowest BCUT2D eigenvalue weighted by Crippen LogP contribution is -2.60. The van der Waals surface area contributed by atoms with Crippen molar-refractivity contribution in [2.45, 2.75) is 38.0 Å². The second-order valence-corrected chi connectivity index (χ2v) is 7.53. The number of benzene rings is 1. The predicted octanol–water partition coefficient (Wildman–Crippen LogP) is 3.38. The maximum absolute atomic E-state index is 14.7. The zero-order chi connectivity index (χ0) is 28.9. The summed E-state index contributed by atoms with van der Waals surface area (Å²) in [4.78, 5) is 20.4. The van der Waals surface area contributed by atoms with Crippen LogP contribution in [0.1, 0.15) is 43.5 Å². The van der Waals surface area contributed by atoms with E-state index in [0.717, 1.165) is 24.3 Å². The molecule has 2 atom stereocenters. The van der Waals surface area contributed by atoms with Crippen LogP contribution in [0, 0.1) is 5.82 Å². The molecule has 1 amide bonds. The van der Waals surface area contributed by atoms with Crippen molar-refractivity contribution in [3.8, 4) is 5.88 Å². The van der Waals surface area contributed by atoms with E-state index in [0.29, 0.717) is 6.92 Å². The second kappa shape index (κ2) is 8.50. The summed E-state index contributed by atoms with van der Waals surface area (Å²) in [6.07, 6.45) is -4.86. The van der Waals surface area contributed by atoms with Crippen LogP contribution in [-0.2, 0) is 10.3 Å². The minimum atomic E-state index is -4.86. The van der Waals surface area contributed by atoms with Gasteiger partial charge in [-0.05, 0) is 45.0 Å². The van der Waals surface area contributed by atoms with E-state index in [1.165, 1.54) is 13.0 Å². The fourth-order valence-electron chi connectivity index (χ4n) is 3.10. The summed E-state index contributed by atoms with van der Waals surface area (Å²) in [5, 5.41) is 2.44. The van der Waals surface area contributed by atoms with Gasteiger partial charge < -0.3 is 26.3 Å². The largest absolute Gasteiger partial charge is 0.478 e. The van der Waals surface area contributed by atoms with Gasteiger partial charge in [-0.15, -0.1) is 0 Å². The van der Waals surface area contributed by atoms with Crippen molar-refractivity contribution in [1.82, 2.24) is 4.98 Å². The topological polar surface area (TPSA) is 125 Å². The van der Waals surface area contributed by atoms with Crippen molar-refractivity contribution in [3.05, 3.63) is 47.3 Å². The molecule has 33 heavy (non-hydrogen) atoms. The quantitative estimate of drug-likeness (QED) is 0.571. The van der Waals surface area contributed by atoms with E-state index < -0.39 is 66.6 Å². The Kier molecular flexibility index (Phi) is 4.66. The third kappa shape index (κ3) is 4.56. The van der Waals surface area contributed by atoms with Crippen molar-refractivity contribution in [2.24, 2.45) is 10.7 Å². The molecule has 0 aliphatic carbocycles.